The summed E-state index contributed by atoms with van der Waals surface area (Å²) >= 11 is 0. The highest BCUT2D eigenvalue weighted by atomic mass is 15.3. The van der Waals surface area contributed by atoms with Crippen LogP contribution < -0.4 is 5.73 Å². The molecule has 110 valence electrons. The summed E-state index contributed by atoms with van der Waals surface area (Å²) in [5.41, 5.74) is 7.85. The van der Waals surface area contributed by atoms with Crippen molar-refractivity contribution in [2.75, 3.05) is 5.73 Å². The fourth-order valence-electron chi connectivity index (χ4n) is 5.87. The first-order chi connectivity index (χ1) is 9.56. The summed E-state index contributed by atoms with van der Waals surface area (Å²) in [4.78, 5) is 0. The average molecular weight is 273 g/mol. The molecule has 0 aliphatic heterocycles. The summed E-state index contributed by atoms with van der Waals surface area (Å²) < 4.78 is 2.04. The maximum absolute atomic E-state index is 6.14. The predicted molar refractivity (Wildman–Crippen MR) is 81.1 cm³/mol. The molecule has 0 spiro atoms. The Bertz CT molecular complexity index is 481. The van der Waals surface area contributed by atoms with Crippen molar-refractivity contribution < 1.29 is 0 Å². The van der Waals surface area contributed by atoms with E-state index in [-0.39, 0.29) is 0 Å². The highest BCUT2D eigenvalue weighted by Crippen LogP contribution is 2.62. The summed E-state index contributed by atoms with van der Waals surface area (Å²) in [6, 6.07) is 0. The molecule has 0 radical (unpaired) electrons. The largest absolute Gasteiger partial charge is 0.384 e. The van der Waals surface area contributed by atoms with Gasteiger partial charge < -0.3 is 5.73 Å². The van der Waals surface area contributed by atoms with Crippen molar-refractivity contribution in [3.05, 3.63) is 11.8 Å². The van der Waals surface area contributed by atoms with E-state index in [1.54, 1.807) is 0 Å². The second kappa shape index (κ2) is 4.25. The Balaban J connectivity index is 1.56. The first-order valence-electron chi connectivity index (χ1n) is 8.33. The third-order valence-electron chi connectivity index (χ3n) is 6.65. The Morgan fingerprint density at radius 1 is 1.25 bits per heavy atom. The molecule has 0 aromatic carbocycles. The summed E-state index contributed by atoms with van der Waals surface area (Å²) in [6.07, 6.45) is 10.9. The first-order valence-corrected chi connectivity index (χ1v) is 8.33. The van der Waals surface area contributed by atoms with Crippen molar-refractivity contribution >= 4 is 5.82 Å². The lowest BCUT2D eigenvalue weighted by Crippen LogP contribution is -2.49. The molecule has 2 N–H and O–H groups in total. The van der Waals surface area contributed by atoms with Gasteiger partial charge in [-0.25, -0.2) is 4.68 Å². The molecule has 1 aromatic heterocycles. The third-order valence-corrected chi connectivity index (χ3v) is 6.65. The average Bonchev–Trinajstić information content (AvgIpc) is 2.69. The van der Waals surface area contributed by atoms with Crippen LogP contribution in [-0.4, -0.2) is 9.78 Å². The lowest BCUT2D eigenvalue weighted by Gasteiger charge is -2.59. The van der Waals surface area contributed by atoms with Crippen molar-refractivity contribution in [2.45, 2.75) is 58.9 Å². The van der Waals surface area contributed by atoms with E-state index in [0.717, 1.165) is 35.7 Å². The Labute approximate surface area is 121 Å². The molecule has 0 amide bonds. The van der Waals surface area contributed by atoms with Gasteiger partial charge in [0.05, 0.1) is 6.20 Å². The highest BCUT2D eigenvalue weighted by Gasteiger charge is 2.52. The normalized spacial score (nSPS) is 40.2. The highest BCUT2D eigenvalue weighted by molar-refractivity contribution is 5.37. The van der Waals surface area contributed by atoms with E-state index >= 15 is 0 Å². The van der Waals surface area contributed by atoms with Gasteiger partial charge in [0, 0.05) is 12.1 Å². The third kappa shape index (κ3) is 1.82. The van der Waals surface area contributed by atoms with Crippen LogP contribution >= 0.6 is 0 Å². The van der Waals surface area contributed by atoms with Gasteiger partial charge in [0.1, 0.15) is 5.82 Å². The maximum Gasteiger partial charge on any atom is 0.124 e. The molecule has 0 saturated heterocycles. The molecule has 4 aliphatic carbocycles. The number of rotatable bonds is 3. The minimum atomic E-state index is 0.598. The molecule has 1 unspecified atom stereocenters. The van der Waals surface area contributed by atoms with Gasteiger partial charge in [-0.15, -0.1) is 0 Å². The Morgan fingerprint density at radius 3 is 2.25 bits per heavy atom. The van der Waals surface area contributed by atoms with Crippen LogP contribution in [0, 0.1) is 36.0 Å². The fraction of sp³-hybridized carbons (Fsp3) is 0.824. The minimum absolute atomic E-state index is 0.598. The Morgan fingerprint density at radius 2 is 1.80 bits per heavy atom. The first kappa shape index (κ1) is 12.7. The molecule has 1 heterocycles. The number of hydrogen-bond donors (Lipinski definition) is 1. The lowest BCUT2D eigenvalue weighted by molar-refractivity contribution is -0.0869. The molecule has 20 heavy (non-hydrogen) atoms. The van der Waals surface area contributed by atoms with Crippen LogP contribution in [0.5, 0.6) is 0 Å². The quantitative estimate of drug-likeness (QED) is 0.914. The molecule has 3 nitrogen and oxygen atoms in total. The number of hydrogen-bond acceptors (Lipinski definition) is 2. The van der Waals surface area contributed by atoms with Crippen molar-refractivity contribution in [1.29, 1.82) is 0 Å². The number of nitrogens with zero attached hydrogens (tertiary/aromatic N) is 2. The molecule has 4 bridgehead atoms. The zero-order chi connectivity index (χ0) is 13.9. The molecule has 1 atom stereocenters. The van der Waals surface area contributed by atoms with Crippen molar-refractivity contribution in [2.24, 2.45) is 29.1 Å². The van der Waals surface area contributed by atoms with Gasteiger partial charge in [-0.05, 0) is 74.5 Å². The molecule has 1 aromatic rings. The number of aryl methyl sites for hydroxylation is 1. The van der Waals surface area contributed by atoms with E-state index in [9.17, 15) is 0 Å². The van der Waals surface area contributed by atoms with Crippen LogP contribution in [0.4, 0.5) is 5.82 Å². The van der Waals surface area contributed by atoms with Crippen molar-refractivity contribution in [3.63, 3.8) is 0 Å². The van der Waals surface area contributed by atoms with Gasteiger partial charge in [0.2, 0.25) is 0 Å². The number of anilines is 1. The molecule has 3 heteroatoms. The minimum Gasteiger partial charge on any atom is -0.384 e. The summed E-state index contributed by atoms with van der Waals surface area (Å²) in [5.74, 6) is 4.65. The molecule has 4 saturated carbocycles. The van der Waals surface area contributed by atoms with Gasteiger partial charge in [0.15, 0.2) is 0 Å². The maximum atomic E-state index is 6.14. The van der Waals surface area contributed by atoms with E-state index in [2.05, 4.69) is 12.0 Å². The van der Waals surface area contributed by atoms with Crippen LogP contribution in [0.15, 0.2) is 6.20 Å². The topological polar surface area (TPSA) is 43.8 Å². The van der Waals surface area contributed by atoms with Crippen LogP contribution in [-0.2, 0) is 6.54 Å². The second-order valence-corrected chi connectivity index (χ2v) is 8.08. The van der Waals surface area contributed by atoms with Crippen LogP contribution in [0.2, 0.25) is 0 Å². The fourth-order valence-corrected chi connectivity index (χ4v) is 5.87. The van der Waals surface area contributed by atoms with Gasteiger partial charge in [0.25, 0.3) is 0 Å². The smallest absolute Gasteiger partial charge is 0.124 e. The predicted octanol–water partition coefficient (Wildman–Crippen LogP) is 3.63. The number of nitrogens with two attached hydrogens (primary N) is 1. The standard InChI is InChI=1S/C17H27N3/c1-11-9-19-20(16(11)18)10-12(2)17-6-13-3-14(7-17)5-15(4-13)8-17/h9,12-15H,3-8,10,18H2,1-2H3. The Kier molecular flexibility index (Phi) is 2.71. The monoisotopic (exact) mass is 273 g/mol. The molecule has 4 fully saturated rings. The molecular formula is C17H27N3. The zero-order valence-corrected chi connectivity index (χ0v) is 12.8. The SMILES string of the molecule is Cc1cnn(CC(C)C23CC4CC(CC(C4)C2)C3)c1N. The zero-order valence-electron chi connectivity index (χ0n) is 12.8. The van der Waals surface area contributed by atoms with E-state index in [1.165, 1.54) is 38.5 Å². The molecule has 5 rings (SSSR count). The number of aromatic nitrogens is 2. The van der Waals surface area contributed by atoms with Gasteiger partial charge in [-0.2, -0.15) is 5.10 Å². The summed E-state index contributed by atoms with van der Waals surface area (Å²) in [5, 5.41) is 4.47. The Hall–Kier alpha value is -0.990. The molecule has 4 aliphatic rings. The van der Waals surface area contributed by atoms with E-state index in [0.29, 0.717) is 11.3 Å². The van der Waals surface area contributed by atoms with Crippen LogP contribution in [0.3, 0.4) is 0 Å². The second-order valence-electron chi connectivity index (χ2n) is 8.08. The van der Waals surface area contributed by atoms with Crippen LogP contribution in [0.1, 0.15) is 51.0 Å². The van der Waals surface area contributed by atoms with Gasteiger partial charge in [-0.3, -0.25) is 0 Å². The van der Waals surface area contributed by atoms with Gasteiger partial charge in [-0.1, -0.05) is 6.92 Å². The van der Waals surface area contributed by atoms with Crippen molar-refractivity contribution in [3.8, 4) is 0 Å². The molecular weight excluding hydrogens is 246 g/mol. The lowest BCUT2D eigenvalue weighted by atomic mass is 9.46. The van der Waals surface area contributed by atoms with E-state index in [1.807, 2.05) is 17.8 Å². The van der Waals surface area contributed by atoms with E-state index < -0.39 is 0 Å². The van der Waals surface area contributed by atoms with Crippen LogP contribution in [0.25, 0.3) is 0 Å². The number of nitrogen functional groups attached to an aromatic ring is 1. The van der Waals surface area contributed by atoms with Gasteiger partial charge >= 0.3 is 0 Å². The summed E-state index contributed by atoms with van der Waals surface area (Å²) in [6.45, 7) is 5.50. The van der Waals surface area contributed by atoms with Crippen molar-refractivity contribution in [1.82, 2.24) is 9.78 Å². The summed E-state index contributed by atoms with van der Waals surface area (Å²) in [7, 11) is 0. The van der Waals surface area contributed by atoms with E-state index in [4.69, 9.17) is 5.73 Å².